The van der Waals surface area contributed by atoms with Gasteiger partial charge < -0.3 is 28.4 Å². The quantitative estimate of drug-likeness (QED) is 0.0255. The number of esters is 5. The lowest BCUT2D eigenvalue weighted by Crippen LogP contribution is -2.30. The van der Waals surface area contributed by atoms with E-state index >= 15 is 0 Å². The summed E-state index contributed by atoms with van der Waals surface area (Å²) >= 11 is 1.43. The van der Waals surface area contributed by atoms with Gasteiger partial charge in [-0.05, 0) is 78.4 Å². The topological polar surface area (TPSA) is 178 Å². The Morgan fingerprint density at radius 3 is 2.20 bits per heavy atom. The van der Waals surface area contributed by atoms with Crippen LogP contribution in [0.5, 0.6) is 17.2 Å². The van der Waals surface area contributed by atoms with E-state index in [0.29, 0.717) is 28.6 Å². The maximum atomic E-state index is 13.1. The number of rotatable bonds is 18. The number of benzene rings is 4. The second kappa shape index (κ2) is 19.8. The maximum absolute atomic E-state index is 13.1. The van der Waals surface area contributed by atoms with E-state index < -0.39 is 36.0 Å². The average molecular weight is 778 g/mol. The fraction of sp³-hybridized carbons (Fsp3) is 0.146. The fourth-order valence-electron chi connectivity index (χ4n) is 4.79. The van der Waals surface area contributed by atoms with Crippen molar-refractivity contribution in [2.75, 3.05) is 25.2 Å². The lowest BCUT2D eigenvalue weighted by Gasteiger charge is -2.17. The molecule has 0 aliphatic carbocycles. The van der Waals surface area contributed by atoms with Crippen LogP contribution in [-0.2, 0) is 35.0 Å². The van der Waals surface area contributed by atoms with Crippen LogP contribution < -0.4 is 19.6 Å². The SMILES string of the molecule is C=CC(=O)OCC(COc1ccc(C(=O)OCCc2ccc(OC(=O)c3ccc(OC(C)=O)cc3)c(/C=N/Nc3nc4ccccc4s3)c2)cc1)OC(=O)C=C. The molecule has 1 atom stereocenters. The summed E-state index contributed by atoms with van der Waals surface area (Å²) in [5.41, 5.74) is 5.48. The number of carbonyl (C=O) groups excluding carboxylic acids is 5. The van der Waals surface area contributed by atoms with Crippen molar-refractivity contribution >= 4 is 62.7 Å². The van der Waals surface area contributed by atoms with Gasteiger partial charge >= 0.3 is 29.8 Å². The van der Waals surface area contributed by atoms with Crippen molar-refractivity contribution < 1.29 is 52.4 Å². The Morgan fingerprint density at radius 1 is 0.804 bits per heavy atom. The molecule has 0 aliphatic heterocycles. The van der Waals surface area contributed by atoms with Gasteiger partial charge in [-0.25, -0.2) is 24.2 Å². The molecule has 14 nitrogen and oxygen atoms in total. The fourth-order valence-corrected chi connectivity index (χ4v) is 5.61. The van der Waals surface area contributed by atoms with Crippen LogP contribution in [-0.4, -0.2) is 67.0 Å². The Kier molecular flexibility index (Phi) is 14.2. The molecule has 56 heavy (non-hydrogen) atoms. The lowest BCUT2D eigenvalue weighted by molar-refractivity contribution is -0.154. The molecule has 4 aromatic carbocycles. The van der Waals surface area contributed by atoms with E-state index in [-0.39, 0.29) is 36.7 Å². The normalized spacial score (nSPS) is 11.2. The van der Waals surface area contributed by atoms with Gasteiger partial charge in [-0.1, -0.05) is 42.7 Å². The van der Waals surface area contributed by atoms with Gasteiger partial charge in [-0.2, -0.15) is 5.10 Å². The van der Waals surface area contributed by atoms with Crippen LogP contribution in [0.4, 0.5) is 5.13 Å². The molecule has 0 radical (unpaired) electrons. The minimum Gasteiger partial charge on any atom is -0.490 e. The first kappa shape index (κ1) is 40.1. The first-order valence-corrected chi connectivity index (χ1v) is 17.7. The van der Waals surface area contributed by atoms with Crippen LogP contribution in [0.2, 0.25) is 0 Å². The highest BCUT2D eigenvalue weighted by Crippen LogP contribution is 2.26. The molecule has 286 valence electrons. The van der Waals surface area contributed by atoms with E-state index in [1.165, 1.54) is 60.9 Å². The lowest BCUT2D eigenvalue weighted by atomic mass is 10.1. The number of carbonyl (C=O) groups is 5. The monoisotopic (exact) mass is 777 g/mol. The predicted octanol–water partition coefficient (Wildman–Crippen LogP) is 6.49. The van der Waals surface area contributed by atoms with E-state index in [2.05, 4.69) is 28.7 Å². The molecule has 5 rings (SSSR count). The second-order valence-corrected chi connectivity index (χ2v) is 12.6. The van der Waals surface area contributed by atoms with E-state index in [0.717, 1.165) is 27.9 Å². The van der Waals surface area contributed by atoms with Gasteiger partial charge in [-0.3, -0.25) is 10.2 Å². The van der Waals surface area contributed by atoms with Crippen molar-refractivity contribution in [1.82, 2.24) is 4.98 Å². The number of nitrogens with one attached hydrogen (secondary N) is 1. The molecule has 0 saturated heterocycles. The van der Waals surface area contributed by atoms with E-state index in [1.807, 2.05) is 24.3 Å². The van der Waals surface area contributed by atoms with E-state index in [9.17, 15) is 24.0 Å². The largest absolute Gasteiger partial charge is 0.490 e. The molecule has 0 aliphatic rings. The average Bonchev–Trinajstić information content (AvgIpc) is 3.62. The molecule has 1 heterocycles. The van der Waals surface area contributed by atoms with Crippen LogP contribution in [0, 0.1) is 0 Å². The molecule has 0 amide bonds. The summed E-state index contributed by atoms with van der Waals surface area (Å²) in [6.45, 7) is 7.59. The molecule has 0 bridgehead atoms. The van der Waals surface area contributed by atoms with Crippen molar-refractivity contribution in [1.29, 1.82) is 0 Å². The summed E-state index contributed by atoms with van der Waals surface area (Å²) in [5.74, 6) is -2.22. The van der Waals surface area contributed by atoms with Crippen molar-refractivity contribution in [3.05, 3.63) is 139 Å². The minimum atomic E-state index is -0.913. The number of thiazole rings is 1. The van der Waals surface area contributed by atoms with Crippen LogP contribution >= 0.6 is 11.3 Å². The van der Waals surface area contributed by atoms with Gasteiger partial charge in [0.05, 0.1) is 34.2 Å². The molecule has 0 saturated carbocycles. The number of para-hydroxylation sites is 1. The molecular formula is C41H35N3O11S. The number of hydrogen-bond donors (Lipinski definition) is 1. The van der Waals surface area contributed by atoms with Crippen molar-refractivity contribution in [2.24, 2.45) is 5.10 Å². The van der Waals surface area contributed by atoms with Crippen LogP contribution in [0.15, 0.2) is 121 Å². The number of aromatic nitrogens is 1. The third kappa shape index (κ3) is 11.9. The van der Waals surface area contributed by atoms with Crippen molar-refractivity contribution in [3.63, 3.8) is 0 Å². The number of hydrazone groups is 1. The maximum Gasteiger partial charge on any atom is 0.343 e. The predicted molar refractivity (Wildman–Crippen MR) is 207 cm³/mol. The Morgan fingerprint density at radius 2 is 1.50 bits per heavy atom. The Bertz CT molecular complexity index is 2220. The van der Waals surface area contributed by atoms with E-state index in [4.69, 9.17) is 28.4 Å². The Labute approximate surface area is 325 Å². The van der Waals surface area contributed by atoms with Gasteiger partial charge in [0.25, 0.3) is 0 Å². The third-order valence-electron chi connectivity index (χ3n) is 7.46. The van der Waals surface area contributed by atoms with Crippen molar-refractivity contribution in [2.45, 2.75) is 19.4 Å². The van der Waals surface area contributed by atoms with Gasteiger partial charge in [0.2, 0.25) is 5.13 Å². The highest BCUT2D eigenvalue weighted by Gasteiger charge is 2.17. The standard InChI is InChI=1S/C41H35N3O11S/c1-4-37(46)52-25-33(54-38(47)5-2)24-51-31-15-11-28(12-16-31)39(48)50-21-20-27-10-19-35(55-40(49)29-13-17-32(18-14-29)53-26(3)45)30(22-27)23-42-44-41-43-34-8-6-7-9-36(34)56-41/h4-19,22-23,33H,1-2,20-21,24-25H2,3H3,(H,43,44)/b42-23+. The summed E-state index contributed by atoms with van der Waals surface area (Å²) in [7, 11) is 0. The van der Waals surface area contributed by atoms with Gasteiger partial charge in [0.1, 0.15) is 30.5 Å². The number of nitrogens with zero attached hydrogens (tertiary/aromatic N) is 2. The van der Waals surface area contributed by atoms with E-state index in [1.54, 1.807) is 30.3 Å². The first-order chi connectivity index (χ1) is 27.1. The summed E-state index contributed by atoms with van der Waals surface area (Å²) in [5, 5.41) is 4.90. The Hall–Kier alpha value is -7.13. The molecule has 15 heteroatoms. The number of hydrogen-bond acceptors (Lipinski definition) is 15. The zero-order valence-electron chi connectivity index (χ0n) is 30.0. The summed E-state index contributed by atoms with van der Waals surface area (Å²) in [6.07, 6.45) is 2.87. The first-order valence-electron chi connectivity index (χ1n) is 16.9. The van der Waals surface area contributed by atoms with Crippen molar-refractivity contribution in [3.8, 4) is 17.2 Å². The van der Waals surface area contributed by atoms with Crippen LogP contribution in [0.3, 0.4) is 0 Å². The molecule has 1 aromatic heterocycles. The summed E-state index contributed by atoms with van der Waals surface area (Å²) < 4.78 is 33.0. The minimum absolute atomic E-state index is 0.0330. The number of fused-ring (bicyclic) bond motifs is 1. The molecule has 1 unspecified atom stereocenters. The van der Waals surface area contributed by atoms with Gasteiger partial charge in [-0.15, -0.1) is 0 Å². The molecule has 5 aromatic rings. The zero-order chi connectivity index (χ0) is 39.9. The number of ether oxygens (including phenoxy) is 6. The van der Waals surface area contributed by atoms with Gasteiger partial charge in [0, 0.05) is 31.1 Å². The molecule has 1 N–H and O–H groups in total. The van der Waals surface area contributed by atoms with Gasteiger partial charge in [0.15, 0.2) is 6.10 Å². The summed E-state index contributed by atoms with van der Waals surface area (Å²) in [6, 6.07) is 24.8. The third-order valence-corrected chi connectivity index (χ3v) is 8.40. The smallest absolute Gasteiger partial charge is 0.343 e. The van der Waals surface area contributed by atoms with Crippen LogP contribution in [0.25, 0.3) is 10.2 Å². The Balaban J connectivity index is 1.20. The van der Waals surface area contributed by atoms with Crippen LogP contribution in [0.1, 0.15) is 38.8 Å². The summed E-state index contributed by atoms with van der Waals surface area (Å²) in [4.78, 5) is 64.7. The molecule has 0 spiro atoms. The number of anilines is 1. The molecule has 0 fully saturated rings. The second-order valence-electron chi connectivity index (χ2n) is 11.6. The highest BCUT2D eigenvalue weighted by atomic mass is 32.1. The highest BCUT2D eigenvalue weighted by molar-refractivity contribution is 7.22. The molecular weight excluding hydrogens is 743 g/mol. The zero-order valence-corrected chi connectivity index (χ0v) is 30.8.